The van der Waals surface area contributed by atoms with Gasteiger partial charge in [0, 0.05) is 25.2 Å². The summed E-state index contributed by atoms with van der Waals surface area (Å²) < 4.78 is 14.3. The average molecular weight is 305 g/mol. The van der Waals surface area contributed by atoms with E-state index < -0.39 is 0 Å². The van der Waals surface area contributed by atoms with Crippen LogP contribution in [0.1, 0.15) is 19.0 Å². The van der Waals surface area contributed by atoms with Crippen molar-refractivity contribution in [2.24, 2.45) is 0 Å². The summed E-state index contributed by atoms with van der Waals surface area (Å²) in [6.45, 7) is 3.58. The van der Waals surface area contributed by atoms with E-state index in [0.717, 1.165) is 19.5 Å². The van der Waals surface area contributed by atoms with Crippen LogP contribution in [-0.2, 0) is 6.42 Å². The highest BCUT2D eigenvalue weighted by molar-refractivity contribution is 5.62. The normalized spacial score (nSPS) is 18.1. The minimum absolute atomic E-state index is 0.132. The third-order valence-corrected chi connectivity index (χ3v) is 4.02. The first-order valence-electron chi connectivity index (χ1n) is 7.42. The number of halogens is 1. The van der Waals surface area contributed by atoms with Gasteiger partial charge in [0.05, 0.1) is 11.4 Å². The standard InChI is InChI=1S/C14H20FN7/c1-3-9-12(15)13(21-20-9)10-6-11(19-14(16)18-10)22-5-4-8(7-22)17-2/h6,8,17H,3-5,7H2,1-2H3,(H,20,21)(H2,16,18,19)/t8-/m1/s1. The molecule has 0 radical (unpaired) electrons. The number of H-pyrrole nitrogens is 1. The van der Waals surface area contributed by atoms with Gasteiger partial charge in [0.25, 0.3) is 0 Å². The number of likely N-dealkylation sites (N-methyl/N-ethyl adjacent to an activating group) is 1. The predicted molar refractivity (Wildman–Crippen MR) is 83.0 cm³/mol. The number of hydrogen-bond donors (Lipinski definition) is 3. The number of rotatable bonds is 4. The van der Waals surface area contributed by atoms with Gasteiger partial charge in [0.15, 0.2) is 5.82 Å². The summed E-state index contributed by atoms with van der Waals surface area (Å²) in [6.07, 6.45) is 1.56. The summed E-state index contributed by atoms with van der Waals surface area (Å²) in [6, 6.07) is 2.18. The first kappa shape index (κ1) is 14.7. The Morgan fingerprint density at radius 3 is 2.95 bits per heavy atom. The number of nitrogens with one attached hydrogen (secondary N) is 2. The summed E-state index contributed by atoms with van der Waals surface area (Å²) in [4.78, 5) is 10.5. The number of nitrogens with two attached hydrogens (primary N) is 1. The summed E-state index contributed by atoms with van der Waals surface area (Å²) in [5.41, 5.74) is 6.88. The molecule has 2 aromatic rings. The van der Waals surface area contributed by atoms with Crippen molar-refractivity contribution in [3.8, 4) is 11.4 Å². The van der Waals surface area contributed by atoms with Gasteiger partial charge in [-0.3, -0.25) is 5.10 Å². The number of aromatic nitrogens is 4. The van der Waals surface area contributed by atoms with Gasteiger partial charge in [-0.25, -0.2) is 9.37 Å². The Morgan fingerprint density at radius 1 is 1.50 bits per heavy atom. The number of aromatic amines is 1. The molecular weight excluding hydrogens is 285 g/mol. The molecule has 0 aliphatic carbocycles. The molecule has 22 heavy (non-hydrogen) atoms. The Bertz CT molecular complexity index is 669. The largest absolute Gasteiger partial charge is 0.368 e. The molecule has 3 heterocycles. The molecule has 1 atom stereocenters. The fourth-order valence-electron chi connectivity index (χ4n) is 2.72. The predicted octanol–water partition coefficient (Wildman–Crippen LogP) is 0.948. The van der Waals surface area contributed by atoms with Gasteiger partial charge >= 0.3 is 0 Å². The lowest BCUT2D eigenvalue weighted by molar-refractivity contribution is 0.614. The number of aryl methyl sites for hydroxylation is 1. The van der Waals surface area contributed by atoms with Gasteiger partial charge in [-0.1, -0.05) is 6.92 Å². The van der Waals surface area contributed by atoms with Crippen LogP contribution in [0, 0.1) is 5.82 Å². The van der Waals surface area contributed by atoms with Crippen LogP contribution in [0.4, 0.5) is 16.2 Å². The molecule has 0 spiro atoms. The van der Waals surface area contributed by atoms with E-state index in [1.54, 1.807) is 6.07 Å². The van der Waals surface area contributed by atoms with Gasteiger partial charge in [0.1, 0.15) is 11.5 Å². The minimum atomic E-state index is -0.374. The molecule has 0 aromatic carbocycles. The second-order valence-corrected chi connectivity index (χ2v) is 5.40. The molecule has 1 aliphatic rings. The SMILES string of the molecule is CCc1n[nH]c(-c2cc(N3CC[C@@H](NC)C3)nc(N)n2)c1F. The number of nitrogen functional groups attached to an aromatic ring is 1. The molecule has 3 rings (SSSR count). The quantitative estimate of drug-likeness (QED) is 0.778. The second-order valence-electron chi connectivity index (χ2n) is 5.40. The summed E-state index contributed by atoms with van der Waals surface area (Å²) >= 11 is 0. The lowest BCUT2D eigenvalue weighted by atomic mass is 10.2. The maximum absolute atomic E-state index is 14.3. The molecule has 0 amide bonds. The van der Waals surface area contributed by atoms with Gasteiger partial charge in [-0.2, -0.15) is 10.1 Å². The Labute approximate surface area is 128 Å². The molecule has 7 nitrogen and oxygen atoms in total. The summed E-state index contributed by atoms with van der Waals surface area (Å²) in [7, 11) is 1.94. The van der Waals surface area contributed by atoms with Crippen molar-refractivity contribution < 1.29 is 4.39 Å². The van der Waals surface area contributed by atoms with Crippen LogP contribution < -0.4 is 16.0 Å². The van der Waals surface area contributed by atoms with Crippen molar-refractivity contribution in [3.05, 3.63) is 17.6 Å². The van der Waals surface area contributed by atoms with Crippen LogP contribution in [-0.4, -0.2) is 46.3 Å². The Balaban J connectivity index is 1.94. The number of anilines is 2. The molecule has 2 aromatic heterocycles. The van der Waals surface area contributed by atoms with E-state index in [1.165, 1.54) is 0 Å². The minimum Gasteiger partial charge on any atom is -0.368 e. The fraction of sp³-hybridized carbons (Fsp3) is 0.500. The third kappa shape index (κ3) is 2.61. The zero-order valence-corrected chi connectivity index (χ0v) is 12.7. The zero-order chi connectivity index (χ0) is 15.7. The van der Waals surface area contributed by atoms with Crippen molar-refractivity contribution in [2.75, 3.05) is 30.8 Å². The van der Waals surface area contributed by atoms with Gasteiger partial charge in [-0.15, -0.1) is 0 Å². The van der Waals surface area contributed by atoms with E-state index in [4.69, 9.17) is 5.73 Å². The van der Waals surface area contributed by atoms with E-state index in [9.17, 15) is 4.39 Å². The van der Waals surface area contributed by atoms with Gasteiger partial charge in [0.2, 0.25) is 5.95 Å². The Morgan fingerprint density at radius 2 is 2.32 bits per heavy atom. The van der Waals surface area contributed by atoms with Crippen LogP contribution in [0.5, 0.6) is 0 Å². The van der Waals surface area contributed by atoms with Crippen molar-refractivity contribution >= 4 is 11.8 Å². The smallest absolute Gasteiger partial charge is 0.222 e. The van der Waals surface area contributed by atoms with Crippen LogP contribution in [0.2, 0.25) is 0 Å². The Hall–Kier alpha value is -2.22. The van der Waals surface area contributed by atoms with Crippen molar-refractivity contribution in [1.82, 2.24) is 25.5 Å². The highest BCUT2D eigenvalue weighted by Crippen LogP contribution is 2.26. The van der Waals surface area contributed by atoms with E-state index in [2.05, 4.69) is 30.4 Å². The van der Waals surface area contributed by atoms with E-state index in [0.29, 0.717) is 29.7 Å². The molecule has 0 unspecified atom stereocenters. The highest BCUT2D eigenvalue weighted by Gasteiger charge is 2.24. The number of nitrogens with zero attached hydrogens (tertiary/aromatic N) is 4. The maximum Gasteiger partial charge on any atom is 0.222 e. The molecule has 1 fully saturated rings. The average Bonchev–Trinajstić information content (AvgIpc) is 3.12. The lowest BCUT2D eigenvalue weighted by Gasteiger charge is -2.18. The topological polar surface area (TPSA) is 95.8 Å². The molecule has 0 saturated carbocycles. The molecule has 1 aliphatic heterocycles. The molecule has 118 valence electrons. The van der Waals surface area contributed by atoms with Crippen LogP contribution in [0.15, 0.2) is 6.07 Å². The summed E-state index contributed by atoms with van der Waals surface area (Å²) in [5.74, 6) is 0.473. The number of hydrogen-bond acceptors (Lipinski definition) is 6. The van der Waals surface area contributed by atoms with Crippen molar-refractivity contribution in [3.63, 3.8) is 0 Å². The third-order valence-electron chi connectivity index (χ3n) is 4.02. The second kappa shape index (κ2) is 5.88. The van der Waals surface area contributed by atoms with E-state index >= 15 is 0 Å². The van der Waals surface area contributed by atoms with E-state index in [-0.39, 0.29) is 17.5 Å². The first-order chi connectivity index (χ1) is 10.6. The molecule has 1 saturated heterocycles. The van der Waals surface area contributed by atoms with Crippen molar-refractivity contribution in [2.45, 2.75) is 25.8 Å². The van der Waals surface area contributed by atoms with Crippen molar-refractivity contribution in [1.29, 1.82) is 0 Å². The van der Waals surface area contributed by atoms with Crippen LogP contribution in [0.25, 0.3) is 11.4 Å². The van der Waals surface area contributed by atoms with E-state index in [1.807, 2.05) is 14.0 Å². The van der Waals surface area contributed by atoms with Crippen LogP contribution in [0.3, 0.4) is 0 Å². The Kier molecular flexibility index (Phi) is 3.93. The monoisotopic (exact) mass is 305 g/mol. The first-order valence-corrected chi connectivity index (χ1v) is 7.42. The highest BCUT2D eigenvalue weighted by atomic mass is 19.1. The molecule has 4 N–H and O–H groups in total. The lowest BCUT2D eigenvalue weighted by Crippen LogP contribution is -2.30. The summed E-state index contributed by atoms with van der Waals surface area (Å²) in [5, 5.41) is 9.92. The van der Waals surface area contributed by atoms with Crippen LogP contribution >= 0.6 is 0 Å². The maximum atomic E-state index is 14.3. The molecule has 0 bridgehead atoms. The molecular formula is C14H20FN7. The van der Waals surface area contributed by atoms with Gasteiger partial charge < -0.3 is 16.0 Å². The fourth-order valence-corrected chi connectivity index (χ4v) is 2.72. The zero-order valence-electron chi connectivity index (χ0n) is 12.7. The molecule has 8 heteroatoms. The van der Waals surface area contributed by atoms with Gasteiger partial charge in [-0.05, 0) is 19.9 Å².